The molecule has 2 N–H and O–H groups in total. The fraction of sp³-hybridized carbons (Fsp3) is 0.615. The smallest absolute Gasteiger partial charge is 0.345 e. The summed E-state index contributed by atoms with van der Waals surface area (Å²) in [6.07, 6.45) is 2.80. The van der Waals surface area contributed by atoms with Gasteiger partial charge in [-0.3, -0.25) is 0 Å². The average molecular weight is 332 g/mol. The van der Waals surface area contributed by atoms with Crippen molar-refractivity contribution in [1.82, 2.24) is 9.62 Å². The summed E-state index contributed by atoms with van der Waals surface area (Å²) in [4.78, 5) is 12.3. The molecule has 2 rings (SSSR count). The second-order valence-corrected chi connectivity index (χ2v) is 8.55. The van der Waals surface area contributed by atoms with Crippen molar-refractivity contribution in [1.29, 1.82) is 0 Å². The van der Waals surface area contributed by atoms with Gasteiger partial charge in [0.25, 0.3) is 0 Å². The van der Waals surface area contributed by atoms with Crippen LogP contribution in [0.5, 0.6) is 0 Å². The number of nitrogens with zero attached hydrogens (tertiary/aromatic N) is 1. The Bertz CT molecular complexity index is 616. The highest BCUT2D eigenvalue weighted by atomic mass is 32.2. The van der Waals surface area contributed by atoms with Crippen LogP contribution in [0, 0.1) is 6.92 Å². The molecular weight excluding hydrogens is 312 g/mol. The molecule has 0 spiro atoms. The Morgan fingerprint density at radius 1 is 1.48 bits per heavy atom. The number of aryl methyl sites for hydroxylation is 1. The molecule has 118 valence electrons. The van der Waals surface area contributed by atoms with E-state index in [0.29, 0.717) is 24.5 Å². The van der Waals surface area contributed by atoms with E-state index < -0.39 is 16.0 Å². The van der Waals surface area contributed by atoms with Gasteiger partial charge in [-0.2, -0.15) is 0 Å². The quantitative estimate of drug-likeness (QED) is 0.848. The van der Waals surface area contributed by atoms with E-state index in [1.807, 2.05) is 6.92 Å². The zero-order chi connectivity index (χ0) is 15.6. The molecule has 2 heterocycles. The maximum atomic E-state index is 11.4. The van der Waals surface area contributed by atoms with E-state index in [-0.39, 0.29) is 6.04 Å². The lowest BCUT2D eigenvalue weighted by Crippen LogP contribution is -2.44. The van der Waals surface area contributed by atoms with E-state index in [9.17, 15) is 13.2 Å². The molecule has 1 aromatic rings. The number of carbonyl (C=O) groups is 1. The van der Waals surface area contributed by atoms with Crippen LogP contribution in [0.4, 0.5) is 0 Å². The second kappa shape index (κ2) is 6.43. The van der Waals surface area contributed by atoms with Gasteiger partial charge in [0.1, 0.15) is 4.88 Å². The summed E-state index contributed by atoms with van der Waals surface area (Å²) in [5, 5.41) is 12.4. The van der Waals surface area contributed by atoms with Crippen molar-refractivity contribution < 1.29 is 18.3 Å². The summed E-state index contributed by atoms with van der Waals surface area (Å²) in [5.74, 6) is -0.893. The number of carboxylic acid groups (broad SMARTS) is 1. The van der Waals surface area contributed by atoms with Crippen molar-refractivity contribution >= 4 is 27.3 Å². The molecule has 1 aromatic heterocycles. The molecule has 6 nitrogen and oxygen atoms in total. The number of hydrogen-bond donors (Lipinski definition) is 2. The van der Waals surface area contributed by atoms with Crippen LogP contribution < -0.4 is 5.32 Å². The van der Waals surface area contributed by atoms with Crippen LogP contribution in [0.2, 0.25) is 0 Å². The topological polar surface area (TPSA) is 86.7 Å². The normalized spacial score (nSPS) is 18.0. The molecule has 0 atom stereocenters. The lowest BCUT2D eigenvalue weighted by Gasteiger charge is -2.30. The van der Waals surface area contributed by atoms with E-state index in [2.05, 4.69) is 5.32 Å². The summed E-state index contributed by atoms with van der Waals surface area (Å²) in [6.45, 7) is 3.62. The van der Waals surface area contributed by atoms with Crippen LogP contribution >= 0.6 is 11.3 Å². The first-order chi connectivity index (χ1) is 9.77. The minimum Gasteiger partial charge on any atom is -0.477 e. The number of hydrogen-bond acceptors (Lipinski definition) is 5. The summed E-state index contributed by atoms with van der Waals surface area (Å²) in [7, 11) is -3.09. The van der Waals surface area contributed by atoms with Crippen molar-refractivity contribution in [3.8, 4) is 0 Å². The average Bonchev–Trinajstić information content (AvgIpc) is 2.77. The number of nitrogens with one attached hydrogen (secondary N) is 1. The molecule has 1 aliphatic rings. The third kappa shape index (κ3) is 4.26. The summed E-state index contributed by atoms with van der Waals surface area (Å²) >= 11 is 1.29. The van der Waals surface area contributed by atoms with Crippen LogP contribution in [0.3, 0.4) is 0 Å². The van der Waals surface area contributed by atoms with Gasteiger partial charge in [-0.1, -0.05) is 0 Å². The largest absolute Gasteiger partial charge is 0.477 e. The molecule has 1 saturated heterocycles. The van der Waals surface area contributed by atoms with E-state index >= 15 is 0 Å². The van der Waals surface area contributed by atoms with E-state index in [4.69, 9.17) is 5.11 Å². The molecule has 0 saturated carbocycles. The Labute approximate surface area is 128 Å². The van der Waals surface area contributed by atoms with Crippen molar-refractivity contribution in [2.45, 2.75) is 32.4 Å². The molecule has 0 aliphatic carbocycles. The van der Waals surface area contributed by atoms with Crippen molar-refractivity contribution in [3.63, 3.8) is 0 Å². The van der Waals surface area contributed by atoms with E-state index in [1.54, 1.807) is 6.07 Å². The molecule has 0 radical (unpaired) electrons. The predicted molar refractivity (Wildman–Crippen MR) is 82.3 cm³/mol. The Balaban J connectivity index is 1.86. The van der Waals surface area contributed by atoms with Gasteiger partial charge in [-0.15, -0.1) is 11.3 Å². The molecule has 0 unspecified atom stereocenters. The number of aromatic carboxylic acids is 1. The number of sulfonamides is 1. The highest BCUT2D eigenvalue weighted by Crippen LogP contribution is 2.22. The highest BCUT2D eigenvalue weighted by molar-refractivity contribution is 7.88. The van der Waals surface area contributed by atoms with Gasteiger partial charge in [0.05, 0.1) is 6.26 Å². The Morgan fingerprint density at radius 2 is 2.10 bits per heavy atom. The number of thiophene rings is 1. The maximum absolute atomic E-state index is 11.4. The summed E-state index contributed by atoms with van der Waals surface area (Å²) < 4.78 is 24.4. The Kier molecular flexibility index (Phi) is 5.03. The Hall–Kier alpha value is -0.960. The van der Waals surface area contributed by atoms with Crippen LogP contribution in [-0.4, -0.2) is 49.2 Å². The van der Waals surface area contributed by atoms with Gasteiger partial charge in [0.2, 0.25) is 10.0 Å². The minimum absolute atomic E-state index is 0.274. The zero-order valence-corrected chi connectivity index (χ0v) is 13.8. The molecule has 1 fully saturated rings. The monoisotopic (exact) mass is 332 g/mol. The fourth-order valence-electron chi connectivity index (χ4n) is 2.45. The van der Waals surface area contributed by atoms with Crippen molar-refractivity contribution in [3.05, 3.63) is 21.4 Å². The summed E-state index contributed by atoms with van der Waals surface area (Å²) in [6, 6.07) is 1.98. The van der Waals surface area contributed by atoms with E-state index in [1.165, 1.54) is 21.9 Å². The van der Waals surface area contributed by atoms with Gasteiger partial charge in [0, 0.05) is 30.6 Å². The fourth-order valence-corrected chi connectivity index (χ4v) is 4.20. The maximum Gasteiger partial charge on any atom is 0.345 e. The highest BCUT2D eigenvalue weighted by Gasteiger charge is 2.24. The molecule has 0 amide bonds. The predicted octanol–water partition coefficient (Wildman–Crippen LogP) is 1.27. The lowest BCUT2D eigenvalue weighted by atomic mass is 10.1. The number of rotatable bonds is 5. The third-order valence-corrected chi connectivity index (χ3v) is 6.12. The van der Waals surface area contributed by atoms with Crippen LogP contribution in [-0.2, 0) is 16.6 Å². The van der Waals surface area contributed by atoms with Gasteiger partial charge in [-0.25, -0.2) is 17.5 Å². The van der Waals surface area contributed by atoms with Gasteiger partial charge in [-0.05, 0) is 31.4 Å². The Morgan fingerprint density at radius 3 is 2.57 bits per heavy atom. The molecular formula is C13H20N2O4S2. The molecule has 8 heteroatoms. The first-order valence-electron chi connectivity index (χ1n) is 6.78. The molecule has 21 heavy (non-hydrogen) atoms. The van der Waals surface area contributed by atoms with Crippen molar-refractivity contribution in [2.75, 3.05) is 19.3 Å². The molecule has 0 aromatic carbocycles. The lowest BCUT2D eigenvalue weighted by molar-refractivity contribution is 0.0702. The van der Waals surface area contributed by atoms with Crippen molar-refractivity contribution in [2.24, 2.45) is 0 Å². The molecule has 1 aliphatic heterocycles. The number of carboxylic acids is 1. The standard InChI is InChI=1S/C13H20N2O4S2/c1-9-10(7-12(20-9)13(16)17)8-14-11-3-5-15(6-4-11)21(2,18)19/h7,11,14H,3-6,8H2,1-2H3,(H,16,17). The number of piperidine rings is 1. The third-order valence-electron chi connectivity index (χ3n) is 3.74. The van der Waals surface area contributed by atoms with Gasteiger partial charge >= 0.3 is 5.97 Å². The van der Waals surface area contributed by atoms with Crippen LogP contribution in [0.25, 0.3) is 0 Å². The van der Waals surface area contributed by atoms with Gasteiger partial charge < -0.3 is 10.4 Å². The van der Waals surface area contributed by atoms with Gasteiger partial charge in [0.15, 0.2) is 0 Å². The SMILES string of the molecule is Cc1sc(C(=O)O)cc1CNC1CCN(S(C)(=O)=O)CC1. The van der Waals surface area contributed by atoms with Crippen LogP contribution in [0.1, 0.15) is 33.0 Å². The van der Waals surface area contributed by atoms with Crippen LogP contribution in [0.15, 0.2) is 6.07 Å². The molecule has 0 bridgehead atoms. The first-order valence-corrected chi connectivity index (χ1v) is 9.45. The second-order valence-electron chi connectivity index (χ2n) is 5.31. The summed E-state index contributed by atoms with van der Waals surface area (Å²) in [5.41, 5.74) is 1.00. The van der Waals surface area contributed by atoms with E-state index in [0.717, 1.165) is 23.3 Å². The first kappa shape index (κ1) is 16.4. The zero-order valence-electron chi connectivity index (χ0n) is 12.1. The minimum atomic E-state index is -3.09.